The summed E-state index contributed by atoms with van der Waals surface area (Å²) in [6.45, 7) is 1.91. The van der Waals surface area contributed by atoms with Crippen molar-refractivity contribution in [2.24, 2.45) is 5.18 Å². The predicted molar refractivity (Wildman–Crippen MR) is 70.8 cm³/mol. The zero-order valence-electron chi connectivity index (χ0n) is 10.2. The number of hydrogen-bond donors (Lipinski definition) is 0. The molecule has 3 rings (SSSR count). The van der Waals surface area contributed by atoms with E-state index in [4.69, 9.17) is 0 Å². The van der Waals surface area contributed by atoms with Gasteiger partial charge in [-0.1, -0.05) is 6.07 Å². The van der Waals surface area contributed by atoms with Crippen LogP contribution >= 0.6 is 0 Å². The van der Waals surface area contributed by atoms with Gasteiger partial charge in [0, 0.05) is 11.8 Å². The Morgan fingerprint density at radius 1 is 1.21 bits per heavy atom. The minimum atomic E-state index is -0.329. The van der Waals surface area contributed by atoms with Gasteiger partial charge in [0.2, 0.25) is 5.82 Å². The first kappa shape index (κ1) is 11.5. The van der Waals surface area contributed by atoms with Crippen molar-refractivity contribution in [2.45, 2.75) is 6.92 Å². The molecule has 0 unspecified atom stereocenters. The second-order valence-corrected chi connectivity index (χ2v) is 4.27. The van der Waals surface area contributed by atoms with Crippen LogP contribution in [-0.4, -0.2) is 9.38 Å². The first-order valence-corrected chi connectivity index (χ1v) is 5.77. The molecule has 2 aromatic heterocycles. The van der Waals surface area contributed by atoms with Gasteiger partial charge in [-0.3, -0.25) is 4.40 Å². The number of benzene rings is 1. The van der Waals surface area contributed by atoms with Gasteiger partial charge in [0.15, 0.2) is 0 Å². The van der Waals surface area contributed by atoms with Crippen molar-refractivity contribution >= 4 is 11.5 Å². The monoisotopic (exact) mass is 255 g/mol. The summed E-state index contributed by atoms with van der Waals surface area (Å²) in [4.78, 5) is 15.5. The van der Waals surface area contributed by atoms with Gasteiger partial charge < -0.3 is 0 Å². The fraction of sp³-hybridized carbons (Fsp3) is 0.0714. The van der Waals surface area contributed by atoms with Crippen LogP contribution in [0.4, 0.5) is 10.2 Å². The molecule has 19 heavy (non-hydrogen) atoms. The van der Waals surface area contributed by atoms with Crippen LogP contribution in [0.2, 0.25) is 0 Å². The van der Waals surface area contributed by atoms with Gasteiger partial charge >= 0.3 is 0 Å². The van der Waals surface area contributed by atoms with E-state index in [0.717, 1.165) is 5.56 Å². The predicted octanol–water partition coefficient (Wildman–Crippen LogP) is 3.85. The Balaban J connectivity index is 2.32. The molecule has 0 amide bonds. The fourth-order valence-corrected chi connectivity index (χ4v) is 2.08. The van der Waals surface area contributed by atoms with Crippen molar-refractivity contribution in [3.05, 3.63) is 58.9 Å². The quantitative estimate of drug-likeness (QED) is 0.653. The molecule has 0 N–H and O–H groups in total. The molecule has 3 aromatic rings. The number of hydrogen-bond acceptors (Lipinski definition) is 3. The maximum absolute atomic E-state index is 12.9. The van der Waals surface area contributed by atoms with Crippen molar-refractivity contribution in [2.75, 3.05) is 0 Å². The second kappa shape index (κ2) is 4.28. The highest BCUT2D eigenvalue weighted by Gasteiger charge is 2.15. The summed E-state index contributed by atoms with van der Waals surface area (Å²) < 4.78 is 14.6. The average molecular weight is 255 g/mol. The largest absolute Gasteiger partial charge is 0.281 e. The SMILES string of the molecule is Cc1cccn2c(N=O)c(-c3ccc(F)cc3)nc12. The van der Waals surface area contributed by atoms with E-state index in [0.29, 0.717) is 16.9 Å². The Hall–Kier alpha value is -2.56. The molecule has 0 radical (unpaired) electrons. The molecule has 5 heteroatoms. The number of nitroso groups, excluding NO2 is 1. The standard InChI is InChI=1S/C14H10FN3O/c1-9-3-2-8-18-13(9)16-12(14(18)17-19)10-4-6-11(15)7-5-10/h2-8H,1H3. The number of rotatable bonds is 2. The highest BCUT2D eigenvalue weighted by Crippen LogP contribution is 2.31. The first-order chi connectivity index (χ1) is 9.20. The molecule has 0 spiro atoms. The van der Waals surface area contributed by atoms with Crippen LogP contribution < -0.4 is 0 Å². The van der Waals surface area contributed by atoms with Crippen LogP contribution in [0.25, 0.3) is 16.9 Å². The summed E-state index contributed by atoms with van der Waals surface area (Å²) in [5, 5.41) is 3.06. The van der Waals surface area contributed by atoms with Crippen molar-refractivity contribution in [1.29, 1.82) is 0 Å². The Labute approximate surface area is 108 Å². The highest BCUT2D eigenvalue weighted by atomic mass is 19.1. The molecule has 0 fully saturated rings. The van der Waals surface area contributed by atoms with E-state index in [-0.39, 0.29) is 11.6 Å². The van der Waals surface area contributed by atoms with E-state index in [1.54, 1.807) is 22.7 Å². The summed E-state index contributed by atoms with van der Waals surface area (Å²) in [5.74, 6) is -0.102. The van der Waals surface area contributed by atoms with E-state index >= 15 is 0 Å². The smallest absolute Gasteiger partial charge is 0.209 e. The summed E-state index contributed by atoms with van der Waals surface area (Å²) >= 11 is 0. The number of pyridine rings is 1. The van der Waals surface area contributed by atoms with Crippen LogP contribution in [0, 0.1) is 17.6 Å². The number of fused-ring (bicyclic) bond motifs is 1. The van der Waals surface area contributed by atoms with E-state index in [1.165, 1.54) is 12.1 Å². The molecule has 0 saturated carbocycles. The van der Waals surface area contributed by atoms with Crippen molar-refractivity contribution in [3.8, 4) is 11.3 Å². The third-order valence-electron chi connectivity index (χ3n) is 3.02. The summed E-state index contributed by atoms with van der Waals surface area (Å²) in [6, 6.07) is 9.57. The number of aryl methyl sites for hydroxylation is 1. The van der Waals surface area contributed by atoms with Crippen LogP contribution in [0.5, 0.6) is 0 Å². The maximum atomic E-state index is 12.9. The Morgan fingerprint density at radius 3 is 2.63 bits per heavy atom. The lowest BCUT2D eigenvalue weighted by atomic mass is 10.1. The van der Waals surface area contributed by atoms with Gasteiger partial charge in [-0.25, -0.2) is 9.37 Å². The number of imidazole rings is 1. The third-order valence-corrected chi connectivity index (χ3v) is 3.02. The lowest BCUT2D eigenvalue weighted by molar-refractivity contribution is 0.628. The number of aromatic nitrogens is 2. The van der Waals surface area contributed by atoms with Gasteiger partial charge in [0.1, 0.15) is 17.2 Å². The van der Waals surface area contributed by atoms with Gasteiger partial charge in [-0.05, 0) is 48.0 Å². The molecular weight excluding hydrogens is 245 g/mol. The normalized spacial score (nSPS) is 10.8. The first-order valence-electron chi connectivity index (χ1n) is 5.77. The minimum absolute atomic E-state index is 0.227. The van der Waals surface area contributed by atoms with Gasteiger partial charge in [-0.15, -0.1) is 4.91 Å². The minimum Gasteiger partial charge on any atom is -0.281 e. The van der Waals surface area contributed by atoms with Gasteiger partial charge in [-0.2, -0.15) is 0 Å². The Bertz CT molecular complexity index is 762. The summed E-state index contributed by atoms with van der Waals surface area (Å²) in [7, 11) is 0. The van der Waals surface area contributed by atoms with E-state index in [2.05, 4.69) is 10.2 Å². The van der Waals surface area contributed by atoms with Crippen LogP contribution in [0.3, 0.4) is 0 Å². The highest BCUT2D eigenvalue weighted by molar-refractivity contribution is 5.75. The summed E-state index contributed by atoms with van der Waals surface area (Å²) in [6.07, 6.45) is 1.74. The maximum Gasteiger partial charge on any atom is 0.209 e. The molecule has 0 atom stereocenters. The molecule has 0 aliphatic heterocycles. The molecular formula is C14H10FN3O. The van der Waals surface area contributed by atoms with Crippen molar-refractivity contribution in [3.63, 3.8) is 0 Å². The van der Waals surface area contributed by atoms with Crippen molar-refractivity contribution in [1.82, 2.24) is 9.38 Å². The Morgan fingerprint density at radius 2 is 1.95 bits per heavy atom. The van der Waals surface area contributed by atoms with Gasteiger partial charge in [0.05, 0.1) is 0 Å². The second-order valence-electron chi connectivity index (χ2n) is 4.27. The molecule has 0 saturated heterocycles. The molecule has 94 valence electrons. The third kappa shape index (κ3) is 1.79. The van der Waals surface area contributed by atoms with Gasteiger partial charge in [0.25, 0.3) is 0 Å². The topological polar surface area (TPSA) is 46.7 Å². The lowest BCUT2D eigenvalue weighted by Crippen LogP contribution is -1.85. The number of nitrogens with zero attached hydrogens (tertiary/aromatic N) is 3. The summed E-state index contributed by atoms with van der Waals surface area (Å²) in [5.41, 5.74) is 2.75. The molecule has 0 bridgehead atoms. The average Bonchev–Trinajstić information content (AvgIpc) is 2.79. The molecule has 0 aliphatic carbocycles. The number of halogens is 1. The Kier molecular flexibility index (Phi) is 2.59. The molecule has 1 aromatic carbocycles. The lowest BCUT2D eigenvalue weighted by Gasteiger charge is -1.97. The van der Waals surface area contributed by atoms with Crippen LogP contribution in [-0.2, 0) is 0 Å². The molecule has 0 aliphatic rings. The molecule has 4 nitrogen and oxygen atoms in total. The van der Waals surface area contributed by atoms with E-state index in [1.807, 2.05) is 19.1 Å². The fourth-order valence-electron chi connectivity index (χ4n) is 2.08. The van der Waals surface area contributed by atoms with E-state index in [9.17, 15) is 9.30 Å². The van der Waals surface area contributed by atoms with E-state index < -0.39 is 0 Å². The van der Waals surface area contributed by atoms with Crippen molar-refractivity contribution < 1.29 is 4.39 Å². The zero-order chi connectivity index (χ0) is 13.4. The van der Waals surface area contributed by atoms with Crippen LogP contribution in [0.15, 0.2) is 47.8 Å². The molecule has 2 heterocycles. The zero-order valence-corrected chi connectivity index (χ0v) is 10.2. The van der Waals surface area contributed by atoms with Crippen LogP contribution in [0.1, 0.15) is 5.56 Å².